The minimum Gasteiger partial charge on any atom is -0.312 e. The fourth-order valence-electron chi connectivity index (χ4n) is 18.0. The predicted molar refractivity (Wildman–Crippen MR) is 362 cm³/mol. The zero-order valence-electron chi connectivity index (χ0n) is 47.0. The van der Waals surface area contributed by atoms with Gasteiger partial charge in [-0.1, -0.05) is 187 Å². The SMILES string of the molecule is c1ccc(N2c3ccccc3B3c4cccc5c4C(c4cccc2c43)[n+]2c-5c3c(c4ccc5c6c4n3-c3ccccc3B6c3ccccc3N5c3ccccc3)c3c4ccc5c6c4n(c32)-c2ccccc2B6c2ccccc2N5c2ccccc2)cc1. The molecule has 10 heterocycles. The highest BCUT2D eigenvalue weighted by atomic mass is 15.2. The number of anilines is 9. The molecule has 0 aliphatic carbocycles. The van der Waals surface area contributed by atoms with Gasteiger partial charge in [-0.05, 0) is 135 Å². The Labute approximate surface area is 502 Å². The Morgan fingerprint density at radius 1 is 0.287 bits per heavy atom. The van der Waals surface area contributed by atoms with Gasteiger partial charge in [0.1, 0.15) is 16.7 Å². The molecule has 0 N–H and O–H groups in total. The Kier molecular flexibility index (Phi) is 8.37. The van der Waals surface area contributed by atoms with Crippen molar-refractivity contribution in [2.75, 3.05) is 14.7 Å². The molecule has 7 aliphatic heterocycles. The van der Waals surface area contributed by atoms with E-state index in [0.29, 0.717) is 0 Å². The van der Waals surface area contributed by atoms with Gasteiger partial charge in [-0.25, -0.2) is 4.57 Å². The third-order valence-corrected chi connectivity index (χ3v) is 20.9. The van der Waals surface area contributed by atoms with Gasteiger partial charge in [-0.3, -0.25) is 0 Å². The van der Waals surface area contributed by atoms with Crippen LogP contribution in [-0.2, 0) is 0 Å². The van der Waals surface area contributed by atoms with Gasteiger partial charge in [0, 0.05) is 89.6 Å². The number of fused-ring (bicyclic) bond motifs is 26. The quantitative estimate of drug-likeness (QED) is 0.130. The van der Waals surface area contributed by atoms with Crippen molar-refractivity contribution >= 4 is 164 Å². The minimum absolute atomic E-state index is 0.00190. The molecule has 0 radical (unpaired) electrons. The van der Waals surface area contributed by atoms with Crippen LogP contribution in [0.15, 0.2) is 273 Å². The Morgan fingerprint density at radius 3 is 1.21 bits per heavy atom. The highest BCUT2D eigenvalue weighted by molar-refractivity contribution is 7.01. The van der Waals surface area contributed by atoms with Crippen molar-refractivity contribution in [1.82, 2.24) is 9.13 Å². The number of hydrogen-bond acceptors (Lipinski definition) is 3. The summed E-state index contributed by atoms with van der Waals surface area (Å²) >= 11 is 0. The number of pyridine rings is 1. The van der Waals surface area contributed by atoms with Gasteiger partial charge >= 0.3 is 0 Å². The minimum atomic E-state index is -0.165. The molecule has 6 nitrogen and oxygen atoms in total. The number of nitrogens with zero attached hydrogens (tertiary/aromatic N) is 6. The fraction of sp³-hybridized carbons (Fsp3) is 0.0128. The van der Waals surface area contributed by atoms with Gasteiger partial charge in [0.15, 0.2) is 11.7 Å². The van der Waals surface area contributed by atoms with Gasteiger partial charge < -0.3 is 19.3 Å². The number of hydrogen-bond donors (Lipinski definition) is 0. The van der Waals surface area contributed by atoms with Gasteiger partial charge in [0.05, 0.1) is 10.9 Å². The molecule has 0 saturated carbocycles. The molecule has 3 aromatic heterocycles. The summed E-state index contributed by atoms with van der Waals surface area (Å²) in [5, 5.41) is 5.15. The van der Waals surface area contributed by atoms with Gasteiger partial charge in [0.2, 0.25) is 6.71 Å². The van der Waals surface area contributed by atoms with Crippen LogP contribution < -0.4 is 68.4 Å². The first-order valence-corrected chi connectivity index (χ1v) is 30.7. The monoisotopic (exact) mass is 1100 g/mol. The molecule has 0 spiro atoms. The average Bonchev–Trinajstić information content (AvgIpc) is 1.55. The molecule has 12 aromatic carbocycles. The van der Waals surface area contributed by atoms with Crippen LogP contribution in [0.1, 0.15) is 17.2 Å². The molecule has 0 saturated heterocycles. The lowest BCUT2D eigenvalue weighted by Gasteiger charge is -2.41. The van der Waals surface area contributed by atoms with Crippen molar-refractivity contribution in [3.05, 3.63) is 284 Å². The van der Waals surface area contributed by atoms with Crippen molar-refractivity contribution in [2.24, 2.45) is 0 Å². The van der Waals surface area contributed by atoms with Crippen LogP contribution in [0.5, 0.6) is 0 Å². The lowest BCUT2D eigenvalue weighted by molar-refractivity contribution is -0.664. The molecule has 15 aromatic rings. The van der Waals surface area contributed by atoms with E-state index < -0.39 is 0 Å². The van der Waals surface area contributed by atoms with E-state index in [0.717, 1.165) is 17.1 Å². The Hall–Kier alpha value is -11.0. The van der Waals surface area contributed by atoms with Crippen molar-refractivity contribution in [3.63, 3.8) is 0 Å². The third-order valence-electron chi connectivity index (χ3n) is 20.9. The van der Waals surface area contributed by atoms with Crippen LogP contribution in [0.2, 0.25) is 0 Å². The maximum absolute atomic E-state index is 2.87. The molecule has 0 fully saturated rings. The van der Waals surface area contributed by atoms with Crippen LogP contribution in [0, 0.1) is 0 Å². The summed E-state index contributed by atoms with van der Waals surface area (Å²) in [6.45, 7) is 0.0205. The smallest absolute Gasteiger partial charge is 0.297 e. The average molecular weight is 1100 g/mol. The van der Waals surface area contributed by atoms with Gasteiger partial charge in [0.25, 0.3) is 19.1 Å². The van der Waals surface area contributed by atoms with E-state index in [-0.39, 0.29) is 26.2 Å². The topological polar surface area (TPSA) is 23.5 Å². The lowest BCUT2D eigenvalue weighted by Crippen LogP contribution is -2.64. The molecular weight excluding hydrogens is 1050 g/mol. The molecule has 396 valence electrons. The second kappa shape index (κ2) is 16.0. The van der Waals surface area contributed by atoms with Crippen LogP contribution in [0.25, 0.3) is 66.4 Å². The van der Waals surface area contributed by atoms with Gasteiger partial charge in [-0.2, -0.15) is 4.57 Å². The normalized spacial score (nSPS) is 15.1. The maximum Gasteiger partial charge on any atom is 0.297 e. The molecule has 0 bridgehead atoms. The molecule has 22 rings (SSSR count). The van der Waals surface area contributed by atoms with Crippen molar-refractivity contribution in [2.45, 2.75) is 6.04 Å². The van der Waals surface area contributed by atoms with E-state index in [1.165, 1.54) is 161 Å². The zero-order chi connectivity index (χ0) is 56.1. The summed E-state index contributed by atoms with van der Waals surface area (Å²) in [5.41, 5.74) is 35.8. The van der Waals surface area contributed by atoms with Crippen molar-refractivity contribution in [3.8, 4) is 22.6 Å². The van der Waals surface area contributed by atoms with Crippen molar-refractivity contribution in [1.29, 1.82) is 0 Å². The second-order valence-electron chi connectivity index (χ2n) is 24.7. The second-order valence-corrected chi connectivity index (χ2v) is 24.7. The number of aromatic nitrogens is 3. The summed E-state index contributed by atoms with van der Waals surface area (Å²) in [6.07, 6.45) is 0. The highest BCUT2D eigenvalue weighted by Gasteiger charge is 2.54. The first-order chi connectivity index (χ1) is 43.3. The van der Waals surface area contributed by atoms with Crippen LogP contribution in [-0.4, -0.2) is 29.3 Å². The summed E-state index contributed by atoms with van der Waals surface area (Å²) in [5.74, 6) is 0. The lowest BCUT2D eigenvalue weighted by atomic mass is 9.31. The maximum atomic E-state index is 2.87. The van der Waals surface area contributed by atoms with E-state index in [1.54, 1.807) is 0 Å². The van der Waals surface area contributed by atoms with Crippen LogP contribution >= 0.6 is 0 Å². The third kappa shape index (κ3) is 5.32. The molecule has 7 aliphatic rings. The van der Waals surface area contributed by atoms with E-state index in [2.05, 4.69) is 301 Å². The fourth-order valence-corrected chi connectivity index (χ4v) is 18.0. The molecule has 87 heavy (non-hydrogen) atoms. The molecule has 1 atom stereocenters. The standard InChI is InChI=1S/C78H46B3N6/c1-4-22-46(23-5-1)82-61-38-17-12-32-55(61)81-58-35-20-28-49-67(58)73(52-29-21-41-64(82)70(52)81)87-76(49)77-68(50-42-44-65-71-74(50)85(77)62-39-18-13-33-56(62)79(71)53-30-10-15-36-59(53)83(65)47-24-6-2-7-25-47)69-51-43-45-66-72-75(51)86(78(69)87)63-40-19-14-34-57(63)80(72)54-31-11-16-37-60(54)84(66)48-26-8-3-9-27-48/h1-45,73H/q+1. The Bertz CT molecular complexity index is 5660. The molecule has 0 amide bonds. The zero-order valence-corrected chi connectivity index (χ0v) is 47.0. The summed E-state index contributed by atoms with van der Waals surface area (Å²) in [7, 11) is 0. The largest absolute Gasteiger partial charge is 0.312 e. The first kappa shape index (κ1) is 45.4. The molecular formula is C78H46B3N6+. The van der Waals surface area contributed by atoms with E-state index >= 15 is 0 Å². The van der Waals surface area contributed by atoms with Crippen molar-refractivity contribution < 1.29 is 4.57 Å². The number of rotatable bonds is 3. The van der Waals surface area contributed by atoms with E-state index in [9.17, 15) is 0 Å². The highest BCUT2D eigenvalue weighted by Crippen LogP contribution is 2.54. The first-order valence-electron chi connectivity index (χ1n) is 30.7. The summed E-state index contributed by atoms with van der Waals surface area (Å²) < 4.78 is 8.37. The van der Waals surface area contributed by atoms with Crippen LogP contribution in [0.3, 0.4) is 0 Å². The Morgan fingerprint density at radius 2 is 0.678 bits per heavy atom. The van der Waals surface area contributed by atoms with Crippen LogP contribution in [0.4, 0.5) is 51.2 Å². The number of para-hydroxylation sites is 8. The van der Waals surface area contributed by atoms with Gasteiger partial charge in [-0.15, -0.1) is 0 Å². The summed E-state index contributed by atoms with van der Waals surface area (Å²) in [4.78, 5) is 7.60. The Balaban J connectivity index is 0.968. The predicted octanol–water partition coefficient (Wildman–Crippen LogP) is 11.6. The molecule has 1 unspecified atom stereocenters. The summed E-state index contributed by atoms with van der Waals surface area (Å²) in [6, 6.07) is 104. The van der Waals surface area contributed by atoms with E-state index in [4.69, 9.17) is 0 Å². The van der Waals surface area contributed by atoms with E-state index in [1.807, 2.05) is 0 Å². The molecule has 9 heteroatoms. The number of benzene rings is 12.